The van der Waals surface area contributed by atoms with E-state index in [9.17, 15) is 0 Å². The first kappa shape index (κ1) is 21.1. The molecule has 1 aliphatic heterocycles. The lowest BCUT2D eigenvalue weighted by Crippen LogP contribution is -2.41. The maximum absolute atomic E-state index is 6.16. The molecule has 1 aromatic heterocycles. The summed E-state index contributed by atoms with van der Waals surface area (Å²) in [7, 11) is -0.432. The Bertz CT molecular complexity index is 910. The lowest BCUT2D eigenvalue weighted by molar-refractivity contribution is 0.00578. The van der Waals surface area contributed by atoms with Gasteiger partial charge in [-0.05, 0) is 90.4 Å². The van der Waals surface area contributed by atoms with E-state index in [0.29, 0.717) is 11.8 Å². The number of aromatic nitrogens is 2. The zero-order chi connectivity index (χ0) is 21.5. The standard InChI is InChI=1S/C23H31BN3O3/c1-15-13-17(11-12-19(15)24-29-22(3,4)23(5,6)30-24)26-21-25-14-16(2)20(27-21)28-18-9-7-8-10-18/h11-14,18H,1,7-10H2,2-6H3,(H,25,26,27). The second-order valence-corrected chi connectivity index (χ2v) is 9.33. The Labute approximate surface area is 179 Å². The summed E-state index contributed by atoms with van der Waals surface area (Å²) in [4.78, 5) is 8.99. The van der Waals surface area contributed by atoms with E-state index in [4.69, 9.17) is 14.0 Å². The highest BCUT2D eigenvalue weighted by Crippen LogP contribution is 2.37. The maximum atomic E-state index is 6.16. The summed E-state index contributed by atoms with van der Waals surface area (Å²) in [5.41, 5.74) is 2.80. The summed E-state index contributed by atoms with van der Waals surface area (Å²) in [6.45, 7) is 14.4. The van der Waals surface area contributed by atoms with Crippen LogP contribution in [-0.4, -0.2) is 34.4 Å². The molecule has 2 aromatic rings. The van der Waals surface area contributed by atoms with Gasteiger partial charge in [-0.1, -0.05) is 6.07 Å². The normalized spacial score (nSPS) is 20.5. The van der Waals surface area contributed by atoms with Crippen LogP contribution in [0.4, 0.5) is 11.6 Å². The Morgan fingerprint density at radius 1 is 1.13 bits per heavy atom. The zero-order valence-corrected chi connectivity index (χ0v) is 18.6. The number of hydrogen-bond acceptors (Lipinski definition) is 6. The third-order valence-corrected chi connectivity index (χ3v) is 6.41. The monoisotopic (exact) mass is 408 g/mol. The van der Waals surface area contributed by atoms with Crippen molar-refractivity contribution < 1.29 is 14.0 Å². The molecule has 7 heteroatoms. The molecule has 0 bridgehead atoms. The van der Waals surface area contributed by atoms with E-state index in [1.54, 1.807) is 6.20 Å². The van der Waals surface area contributed by atoms with Gasteiger partial charge in [0.15, 0.2) is 0 Å². The van der Waals surface area contributed by atoms with E-state index in [2.05, 4.69) is 22.2 Å². The molecule has 2 aliphatic rings. The number of hydrogen-bond donors (Lipinski definition) is 1. The third-order valence-electron chi connectivity index (χ3n) is 6.41. The molecule has 2 heterocycles. The van der Waals surface area contributed by atoms with Crippen molar-refractivity contribution in [3.8, 4) is 5.88 Å². The number of nitrogens with one attached hydrogen (secondary N) is 1. The molecule has 6 nitrogen and oxygen atoms in total. The molecule has 0 amide bonds. The molecule has 1 aliphatic carbocycles. The average molecular weight is 408 g/mol. The van der Waals surface area contributed by atoms with Gasteiger partial charge in [-0.3, -0.25) is 0 Å². The molecule has 0 atom stereocenters. The maximum Gasteiger partial charge on any atom is 0.495 e. The Balaban J connectivity index is 1.49. The predicted octanol–water partition coefficient (Wildman–Crippen LogP) is 4.33. The summed E-state index contributed by atoms with van der Waals surface area (Å²) < 4.78 is 18.4. The van der Waals surface area contributed by atoms with Gasteiger partial charge in [-0.15, -0.1) is 0 Å². The van der Waals surface area contributed by atoms with Gasteiger partial charge in [-0.25, -0.2) is 4.98 Å². The minimum Gasteiger partial charge on any atom is -0.474 e. The first-order valence-electron chi connectivity index (χ1n) is 10.7. The molecule has 4 rings (SSSR count). The third kappa shape index (κ3) is 4.19. The molecule has 1 saturated carbocycles. The van der Waals surface area contributed by atoms with Crippen molar-refractivity contribution in [3.63, 3.8) is 0 Å². The van der Waals surface area contributed by atoms with Gasteiger partial charge < -0.3 is 19.4 Å². The van der Waals surface area contributed by atoms with E-state index < -0.39 is 7.12 Å². The van der Waals surface area contributed by atoms with Crippen molar-refractivity contribution in [1.29, 1.82) is 0 Å². The fourth-order valence-electron chi connectivity index (χ4n) is 3.78. The van der Waals surface area contributed by atoms with Crippen LogP contribution >= 0.6 is 0 Å². The SMILES string of the molecule is [CH2]c1cc(Nc2ncc(C)c(OC3CCCC3)n2)ccc1B1OC(C)(C)C(C)(C)O1. The largest absolute Gasteiger partial charge is 0.495 e. The van der Waals surface area contributed by atoms with Crippen molar-refractivity contribution in [2.24, 2.45) is 0 Å². The van der Waals surface area contributed by atoms with Crippen LogP contribution in [0.3, 0.4) is 0 Å². The predicted molar refractivity (Wildman–Crippen MR) is 120 cm³/mol. The Morgan fingerprint density at radius 3 is 2.43 bits per heavy atom. The number of anilines is 2. The van der Waals surface area contributed by atoms with Gasteiger partial charge in [0.1, 0.15) is 6.10 Å². The fraction of sp³-hybridized carbons (Fsp3) is 0.522. The second kappa shape index (κ2) is 7.86. The molecule has 2 fully saturated rings. The number of nitrogens with zero attached hydrogens (tertiary/aromatic N) is 2. The fourth-order valence-corrected chi connectivity index (χ4v) is 3.78. The van der Waals surface area contributed by atoms with E-state index in [0.717, 1.165) is 35.1 Å². The highest BCUT2D eigenvalue weighted by molar-refractivity contribution is 6.62. The van der Waals surface area contributed by atoms with Crippen LogP contribution < -0.4 is 15.5 Å². The van der Waals surface area contributed by atoms with Crippen molar-refractivity contribution in [2.75, 3.05) is 5.32 Å². The van der Waals surface area contributed by atoms with Crippen LogP contribution in [0.25, 0.3) is 0 Å². The van der Waals surface area contributed by atoms with Crippen LogP contribution in [0.1, 0.15) is 64.5 Å². The van der Waals surface area contributed by atoms with Crippen molar-refractivity contribution in [2.45, 2.75) is 77.6 Å². The Hall–Kier alpha value is -2.12. The highest BCUT2D eigenvalue weighted by Gasteiger charge is 2.52. The molecule has 30 heavy (non-hydrogen) atoms. The van der Waals surface area contributed by atoms with Gasteiger partial charge in [0.25, 0.3) is 0 Å². The van der Waals surface area contributed by atoms with Crippen molar-refractivity contribution >= 4 is 24.2 Å². The highest BCUT2D eigenvalue weighted by atomic mass is 16.7. The first-order valence-corrected chi connectivity index (χ1v) is 10.7. The van der Waals surface area contributed by atoms with E-state index in [1.807, 2.05) is 52.8 Å². The molecular formula is C23H31BN3O3. The van der Waals surface area contributed by atoms with E-state index in [1.165, 1.54) is 12.8 Å². The van der Waals surface area contributed by atoms with Crippen LogP contribution in [-0.2, 0) is 9.31 Å². The molecule has 1 aromatic carbocycles. The summed E-state index contributed by atoms with van der Waals surface area (Å²) in [5, 5.41) is 3.26. The Morgan fingerprint density at radius 2 is 1.80 bits per heavy atom. The number of rotatable bonds is 5. The summed E-state index contributed by atoms with van der Waals surface area (Å²) in [6.07, 6.45) is 6.69. The minimum absolute atomic E-state index is 0.261. The van der Waals surface area contributed by atoms with Crippen molar-refractivity contribution in [3.05, 3.63) is 42.4 Å². The molecular weight excluding hydrogens is 377 g/mol. The number of aryl methyl sites for hydroxylation is 1. The van der Waals surface area contributed by atoms with Gasteiger partial charge in [0, 0.05) is 17.4 Å². The van der Waals surface area contributed by atoms with Crippen LogP contribution in [0.15, 0.2) is 24.4 Å². The molecule has 0 unspecified atom stereocenters. The molecule has 1 N–H and O–H groups in total. The summed E-state index contributed by atoms with van der Waals surface area (Å²) in [5.74, 6) is 1.17. The molecule has 0 spiro atoms. The second-order valence-electron chi connectivity index (χ2n) is 9.33. The van der Waals surface area contributed by atoms with Crippen LogP contribution in [0, 0.1) is 13.8 Å². The van der Waals surface area contributed by atoms with Gasteiger partial charge in [-0.2, -0.15) is 4.98 Å². The smallest absolute Gasteiger partial charge is 0.474 e. The average Bonchev–Trinajstić information content (AvgIpc) is 3.23. The quantitative estimate of drug-likeness (QED) is 0.743. The lowest BCUT2D eigenvalue weighted by atomic mass is 9.76. The summed E-state index contributed by atoms with van der Waals surface area (Å²) in [6, 6.07) is 5.91. The van der Waals surface area contributed by atoms with Gasteiger partial charge in [0.2, 0.25) is 11.8 Å². The van der Waals surface area contributed by atoms with Crippen LogP contribution in [0.2, 0.25) is 0 Å². The Kier molecular flexibility index (Phi) is 5.53. The minimum atomic E-state index is -0.432. The topological polar surface area (TPSA) is 65.5 Å². The first-order chi connectivity index (χ1) is 14.1. The van der Waals surface area contributed by atoms with Crippen molar-refractivity contribution in [1.82, 2.24) is 9.97 Å². The lowest BCUT2D eigenvalue weighted by Gasteiger charge is -2.32. The zero-order valence-electron chi connectivity index (χ0n) is 18.6. The number of benzene rings is 1. The molecule has 1 saturated heterocycles. The van der Waals surface area contributed by atoms with Gasteiger partial charge in [0.05, 0.1) is 11.2 Å². The van der Waals surface area contributed by atoms with E-state index >= 15 is 0 Å². The van der Waals surface area contributed by atoms with Crippen LogP contribution in [0.5, 0.6) is 5.88 Å². The van der Waals surface area contributed by atoms with Gasteiger partial charge >= 0.3 is 7.12 Å². The number of ether oxygens (including phenoxy) is 1. The summed E-state index contributed by atoms with van der Waals surface area (Å²) >= 11 is 0. The molecule has 1 radical (unpaired) electrons. The molecule has 159 valence electrons. The van der Waals surface area contributed by atoms with E-state index in [-0.39, 0.29) is 17.3 Å².